The lowest BCUT2D eigenvalue weighted by Crippen LogP contribution is -2.33. The van der Waals surface area contributed by atoms with E-state index in [1.165, 1.54) is 22.0 Å². The first kappa shape index (κ1) is 22.3. The molecule has 3 rings (SSSR count). The van der Waals surface area contributed by atoms with Gasteiger partial charge in [0.05, 0.1) is 23.8 Å². The number of thiazole rings is 1. The first-order chi connectivity index (χ1) is 14.5. The Labute approximate surface area is 191 Å². The predicted octanol–water partition coefficient (Wildman–Crippen LogP) is 3.58. The second kappa shape index (κ2) is 10.6. The summed E-state index contributed by atoms with van der Waals surface area (Å²) in [5, 5.41) is 0.621. The molecule has 0 saturated heterocycles. The van der Waals surface area contributed by atoms with Crippen LogP contribution in [0.5, 0.6) is 5.75 Å². The van der Waals surface area contributed by atoms with Crippen molar-refractivity contribution in [3.8, 4) is 5.75 Å². The number of benzene rings is 2. The molecule has 8 heteroatoms. The van der Waals surface area contributed by atoms with E-state index >= 15 is 0 Å². The Hall–Kier alpha value is -2.35. The molecule has 0 atom stereocenters. The van der Waals surface area contributed by atoms with Gasteiger partial charge in [0.25, 0.3) is 5.56 Å². The molecule has 0 aliphatic carbocycles. The van der Waals surface area contributed by atoms with Gasteiger partial charge in [-0.25, -0.2) is 4.79 Å². The van der Waals surface area contributed by atoms with Gasteiger partial charge in [-0.1, -0.05) is 39.7 Å². The van der Waals surface area contributed by atoms with Crippen LogP contribution < -0.4 is 19.5 Å². The second-order valence-electron chi connectivity index (χ2n) is 6.16. The zero-order valence-corrected chi connectivity index (χ0v) is 19.3. The highest BCUT2D eigenvalue weighted by atomic mass is 79.9. The lowest BCUT2D eigenvalue weighted by molar-refractivity contribution is -0.135. The van der Waals surface area contributed by atoms with Crippen LogP contribution in [0.15, 0.2) is 57.8 Å². The summed E-state index contributed by atoms with van der Waals surface area (Å²) in [6.07, 6.45) is 3.15. The highest BCUT2D eigenvalue weighted by Gasteiger charge is 2.08. The molecule has 0 aliphatic heterocycles. The molecule has 0 spiro atoms. The minimum Gasteiger partial charge on any atom is -0.492 e. The van der Waals surface area contributed by atoms with Gasteiger partial charge in [-0.15, -0.1) is 11.3 Å². The molecule has 1 heterocycles. The number of carbonyl (C=O) groups is 1. The van der Waals surface area contributed by atoms with Gasteiger partial charge in [-0.2, -0.15) is 0 Å². The van der Waals surface area contributed by atoms with Crippen LogP contribution in [0.4, 0.5) is 0 Å². The Morgan fingerprint density at radius 1 is 1.17 bits per heavy atom. The second-order valence-corrected chi connectivity index (χ2v) is 8.57. The average molecular weight is 509 g/mol. The molecular weight excluding hydrogens is 490 g/mol. The van der Waals surface area contributed by atoms with E-state index in [2.05, 4.69) is 15.9 Å². The van der Waals surface area contributed by atoms with Gasteiger partial charge in [0.2, 0.25) is 0 Å². The molecule has 0 radical (unpaired) electrons. The molecule has 0 saturated carbocycles. The van der Waals surface area contributed by atoms with Gasteiger partial charge in [-0.05, 0) is 55.0 Å². The Morgan fingerprint density at radius 3 is 2.53 bits per heavy atom. The molecule has 156 valence electrons. The molecule has 0 amide bonds. The smallest absolute Gasteiger partial charge is 0.333 e. The predicted molar refractivity (Wildman–Crippen MR) is 124 cm³/mol. The average Bonchev–Trinajstić information content (AvgIpc) is 3.00. The summed E-state index contributed by atoms with van der Waals surface area (Å²) in [7, 11) is 0. The standard InChI is InChI=1S/C22H19BrClNO4S/c1-2-28-21(26)14-20-25(11-12-29-18-9-7-17(24)8-10-18)22(27)19(30-20)13-15-3-5-16(23)6-4-15/h3-10,13-14H,2,11-12H2,1H3/b19-13-,20-14+. The van der Waals surface area contributed by atoms with E-state index in [0.717, 1.165) is 10.0 Å². The Kier molecular flexibility index (Phi) is 7.90. The molecule has 0 fully saturated rings. The fraction of sp³-hybridized carbons (Fsp3) is 0.182. The first-order valence-corrected chi connectivity index (χ1v) is 11.2. The van der Waals surface area contributed by atoms with Crippen LogP contribution in [0.1, 0.15) is 12.5 Å². The molecule has 0 aliphatic rings. The van der Waals surface area contributed by atoms with Crippen LogP contribution in [0.2, 0.25) is 5.02 Å². The van der Waals surface area contributed by atoms with Gasteiger partial charge in [0.15, 0.2) is 0 Å². The third-order valence-electron chi connectivity index (χ3n) is 4.03. The molecule has 5 nitrogen and oxygen atoms in total. The molecule has 30 heavy (non-hydrogen) atoms. The molecular formula is C22H19BrClNO4S. The fourth-order valence-corrected chi connectivity index (χ4v) is 4.08. The van der Waals surface area contributed by atoms with Crippen molar-refractivity contribution in [1.82, 2.24) is 4.57 Å². The summed E-state index contributed by atoms with van der Waals surface area (Å²) in [6.45, 7) is 2.56. The zero-order valence-electron chi connectivity index (χ0n) is 16.1. The van der Waals surface area contributed by atoms with Gasteiger partial charge in [0, 0.05) is 9.50 Å². The Balaban J connectivity index is 1.91. The van der Waals surface area contributed by atoms with Crippen molar-refractivity contribution in [2.24, 2.45) is 0 Å². The van der Waals surface area contributed by atoms with E-state index in [9.17, 15) is 9.59 Å². The lowest BCUT2D eigenvalue weighted by atomic mass is 10.2. The largest absolute Gasteiger partial charge is 0.492 e. The van der Waals surface area contributed by atoms with Crippen LogP contribution >= 0.6 is 38.9 Å². The number of rotatable bonds is 7. The molecule has 0 unspecified atom stereocenters. The van der Waals surface area contributed by atoms with Crippen LogP contribution in [0.3, 0.4) is 0 Å². The summed E-state index contributed by atoms with van der Waals surface area (Å²) >= 11 is 10.5. The number of carbonyl (C=O) groups excluding carboxylic acids is 1. The molecule has 0 bridgehead atoms. The van der Waals surface area contributed by atoms with Crippen molar-refractivity contribution < 1.29 is 14.3 Å². The molecule has 1 aromatic heterocycles. The van der Waals surface area contributed by atoms with Crippen molar-refractivity contribution in [2.75, 3.05) is 13.2 Å². The summed E-state index contributed by atoms with van der Waals surface area (Å²) in [4.78, 5) is 24.9. The van der Waals surface area contributed by atoms with E-state index in [1.807, 2.05) is 24.3 Å². The van der Waals surface area contributed by atoms with Gasteiger partial charge < -0.3 is 9.47 Å². The third-order valence-corrected chi connectivity index (χ3v) is 5.87. The maximum absolute atomic E-state index is 13.0. The van der Waals surface area contributed by atoms with Crippen molar-refractivity contribution in [2.45, 2.75) is 13.5 Å². The lowest BCUT2D eigenvalue weighted by Gasteiger charge is -2.06. The summed E-state index contributed by atoms with van der Waals surface area (Å²) < 4.78 is 14.2. The van der Waals surface area contributed by atoms with Crippen LogP contribution in [-0.4, -0.2) is 23.8 Å². The molecule has 2 aromatic carbocycles. The van der Waals surface area contributed by atoms with Crippen LogP contribution in [0, 0.1) is 0 Å². The highest BCUT2D eigenvalue weighted by Crippen LogP contribution is 2.15. The van der Waals surface area contributed by atoms with E-state index < -0.39 is 5.97 Å². The zero-order chi connectivity index (χ0) is 21.5. The monoisotopic (exact) mass is 507 g/mol. The van der Waals surface area contributed by atoms with E-state index in [0.29, 0.717) is 20.0 Å². The quantitative estimate of drug-likeness (QED) is 0.458. The van der Waals surface area contributed by atoms with Crippen LogP contribution in [-0.2, 0) is 16.1 Å². The van der Waals surface area contributed by atoms with E-state index in [-0.39, 0.29) is 25.3 Å². The SMILES string of the molecule is CCOC(=O)/C=c1/s/c(=C\c2ccc(Br)cc2)c(=O)n1CCOc1ccc(Cl)cc1. The van der Waals surface area contributed by atoms with Crippen molar-refractivity contribution in [3.05, 3.63) is 83.1 Å². The number of hydrogen-bond donors (Lipinski definition) is 0. The van der Waals surface area contributed by atoms with Crippen molar-refractivity contribution >= 4 is 57.0 Å². The number of hydrogen-bond acceptors (Lipinski definition) is 5. The van der Waals surface area contributed by atoms with Gasteiger partial charge >= 0.3 is 5.97 Å². The maximum Gasteiger partial charge on any atom is 0.333 e. The summed E-state index contributed by atoms with van der Waals surface area (Å²) in [5.74, 6) is 0.168. The van der Waals surface area contributed by atoms with E-state index in [4.69, 9.17) is 21.1 Å². The van der Waals surface area contributed by atoms with Crippen LogP contribution in [0.25, 0.3) is 12.2 Å². The summed E-state index contributed by atoms with van der Waals surface area (Å²) in [6, 6.07) is 14.6. The maximum atomic E-state index is 13.0. The number of halogens is 2. The molecule has 0 N–H and O–H groups in total. The highest BCUT2D eigenvalue weighted by molar-refractivity contribution is 9.10. The van der Waals surface area contributed by atoms with Crippen molar-refractivity contribution in [1.29, 1.82) is 0 Å². The Morgan fingerprint density at radius 2 is 1.87 bits per heavy atom. The number of nitrogens with zero attached hydrogens (tertiary/aromatic N) is 1. The van der Waals surface area contributed by atoms with Gasteiger partial charge in [0.1, 0.15) is 17.0 Å². The van der Waals surface area contributed by atoms with E-state index in [1.54, 1.807) is 37.3 Å². The number of ether oxygens (including phenoxy) is 2. The molecule has 3 aromatic rings. The van der Waals surface area contributed by atoms with Crippen molar-refractivity contribution in [3.63, 3.8) is 0 Å². The normalized spacial score (nSPS) is 12.2. The number of esters is 1. The first-order valence-electron chi connectivity index (χ1n) is 9.20. The minimum atomic E-state index is -0.485. The summed E-state index contributed by atoms with van der Waals surface area (Å²) in [5.41, 5.74) is 0.710. The topological polar surface area (TPSA) is 57.5 Å². The third kappa shape index (κ3) is 6.08. The minimum absolute atomic E-state index is 0.182. The van der Waals surface area contributed by atoms with Gasteiger partial charge in [-0.3, -0.25) is 9.36 Å². The number of aromatic nitrogens is 1. The Bertz CT molecular complexity index is 1180. The fourth-order valence-electron chi connectivity index (χ4n) is 2.64.